The van der Waals surface area contributed by atoms with Crippen LogP contribution in [0.4, 0.5) is 11.5 Å². The van der Waals surface area contributed by atoms with E-state index in [9.17, 15) is 0 Å². The molecular weight excluding hydrogens is 372 g/mol. The van der Waals surface area contributed by atoms with Gasteiger partial charge in [0.15, 0.2) is 0 Å². The predicted molar refractivity (Wildman–Crippen MR) is 115 cm³/mol. The van der Waals surface area contributed by atoms with E-state index in [-0.39, 0.29) is 0 Å². The van der Waals surface area contributed by atoms with Crippen molar-refractivity contribution in [2.75, 3.05) is 5.32 Å². The Balaban J connectivity index is 1.45. The highest BCUT2D eigenvalue weighted by atomic mass is 32.1. The molecule has 0 bridgehead atoms. The monoisotopic (exact) mass is 388 g/mol. The summed E-state index contributed by atoms with van der Waals surface area (Å²) >= 11 is 3.41. The number of aromatic nitrogens is 3. The van der Waals surface area contributed by atoms with Crippen molar-refractivity contribution >= 4 is 54.6 Å². The number of hydrogen-bond acceptors (Lipinski definition) is 6. The molecule has 132 valence electrons. The molecule has 0 saturated heterocycles. The van der Waals surface area contributed by atoms with Gasteiger partial charge in [0.25, 0.3) is 0 Å². The molecule has 0 radical (unpaired) electrons. The van der Waals surface area contributed by atoms with Crippen LogP contribution in [0.5, 0.6) is 0 Å². The largest absolute Gasteiger partial charge is 0.340 e. The lowest BCUT2D eigenvalue weighted by Gasteiger charge is -2.07. The van der Waals surface area contributed by atoms with Gasteiger partial charge in [-0.15, -0.1) is 22.7 Å². The Kier molecular flexibility index (Phi) is 3.88. The second-order valence-electron chi connectivity index (χ2n) is 6.49. The van der Waals surface area contributed by atoms with E-state index < -0.39 is 0 Å². The Morgan fingerprint density at radius 3 is 2.59 bits per heavy atom. The number of fused-ring (bicyclic) bond motifs is 2. The maximum atomic E-state index is 4.76. The molecule has 5 rings (SSSR count). The summed E-state index contributed by atoms with van der Waals surface area (Å²) in [6, 6.07) is 16.8. The molecule has 6 heteroatoms. The Bertz CT molecular complexity index is 1270. The lowest BCUT2D eigenvalue weighted by atomic mass is 10.2. The molecule has 3 heterocycles. The minimum Gasteiger partial charge on any atom is -0.340 e. The summed E-state index contributed by atoms with van der Waals surface area (Å²) < 4.78 is 1.23. The molecule has 0 aliphatic rings. The molecular formula is C21H16N4S2. The van der Waals surface area contributed by atoms with E-state index in [2.05, 4.69) is 77.7 Å². The van der Waals surface area contributed by atoms with Gasteiger partial charge in [0.2, 0.25) is 0 Å². The zero-order valence-corrected chi connectivity index (χ0v) is 16.5. The Morgan fingerprint density at radius 1 is 0.889 bits per heavy atom. The van der Waals surface area contributed by atoms with E-state index in [1.807, 2.05) is 0 Å². The van der Waals surface area contributed by atoms with Gasteiger partial charge in [0, 0.05) is 16.1 Å². The summed E-state index contributed by atoms with van der Waals surface area (Å²) in [7, 11) is 0. The smallest absolute Gasteiger partial charge is 0.142 e. The SMILES string of the molecule is Cc1ccc2nc(-c3ccc(Nc4ncnc5sc(C)cc45)cc3)sc2c1. The van der Waals surface area contributed by atoms with Crippen LogP contribution in [0.25, 0.3) is 31.0 Å². The highest BCUT2D eigenvalue weighted by Gasteiger charge is 2.09. The highest BCUT2D eigenvalue weighted by molar-refractivity contribution is 7.21. The van der Waals surface area contributed by atoms with E-state index in [4.69, 9.17) is 4.98 Å². The highest BCUT2D eigenvalue weighted by Crippen LogP contribution is 2.33. The van der Waals surface area contributed by atoms with E-state index in [1.54, 1.807) is 29.0 Å². The van der Waals surface area contributed by atoms with Crippen molar-refractivity contribution in [2.24, 2.45) is 0 Å². The lowest BCUT2D eigenvalue weighted by molar-refractivity contribution is 1.23. The maximum absolute atomic E-state index is 4.76. The number of thiophene rings is 1. The number of benzene rings is 2. The van der Waals surface area contributed by atoms with E-state index >= 15 is 0 Å². The zero-order valence-electron chi connectivity index (χ0n) is 14.9. The first kappa shape index (κ1) is 16.4. The maximum Gasteiger partial charge on any atom is 0.142 e. The van der Waals surface area contributed by atoms with Crippen LogP contribution in [0.2, 0.25) is 0 Å². The van der Waals surface area contributed by atoms with Gasteiger partial charge in [-0.05, 0) is 61.9 Å². The molecule has 3 aromatic heterocycles. The van der Waals surface area contributed by atoms with E-state index in [1.165, 1.54) is 15.1 Å². The third-order valence-corrected chi connectivity index (χ3v) is 6.42. The Hall–Kier alpha value is -2.83. The molecule has 1 N–H and O–H groups in total. The molecule has 0 aliphatic heterocycles. The van der Waals surface area contributed by atoms with Crippen molar-refractivity contribution in [3.63, 3.8) is 0 Å². The fourth-order valence-electron chi connectivity index (χ4n) is 3.06. The van der Waals surface area contributed by atoms with Crippen LogP contribution < -0.4 is 5.32 Å². The third kappa shape index (κ3) is 3.07. The average Bonchev–Trinajstić information content (AvgIpc) is 3.25. The first-order valence-electron chi connectivity index (χ1n) is 8.61. The average molecular weight is 389 g/mol. The quantitative estimate of drug-likeness (QED) is 0.392. The second-order valence-corrected chi connectivity index (χ2v) is 8.76. The first-order chi connectivity index (χ1) is 13.2. The van der Waals surface area contributed by atoms with Gasteiger partial charge in [-0.1, -0.05) is 6.07 Å². The number of hydrogen-bond donors (Lipinski definition) is 1. The van der Waals surface area contributed by atoms with E-state index in [0.29, 0.717) is 0 Å². The van der Waals surface area contributed by atoms with Gasteiger partial charge in [-0.2, -0.15) is 0 Å². The van der Waals surface area contributed by atoms with Gasteiger partial charge < -0.3 is 5.32 Å². The number of rotatable bonds is 3. The van der Waals surface area contributed by atoms with Crippen LogP contribution in [0.15, 0.2) is 54.9 Å². The minimum atomic E-state index is 0.840. The topological polar surface area (TPSA) is 50.7 Å². The van der Waals surface area contributed by atoms with Gasteiger partial charge in [0.05, 0.1) is 15.6 Å². The van der Waals surface area contributed by atoms with Crippen LogP contribution in [0, 0.1) is 13.8 Å². The summed E-state index contributed by atoms with van der Waals surface area (Å²) in [5.74, 6) is 0.840. The van der Waals surface area contributed by atoms with Gasteiger partial charge in [-0.25, -0.2) is 15.0 Å². The zero-order chi connectivity index (χ0) is 18.4. The van der Waals surface area contributed by atoms with Crippen molar-refractivity contribution in [3.05, 3.63) is 65.3 Å². The first-order valence-corrected chi connectivity index (χ1v) is 10.2. The van der Waals surface area contributed by atoms with Crippen LogP contribution in [0.3, 0.4) is 0 Å². The van der Waals surface area contributed by atoms with Gasteiger partial charge in [0.1, 0.15) is 22.0 Å². The molecule has 0 amide bonds. The van der Waals surface area contributed by atoms with Crippen molar-refractivity contribution in [3.8, 4) is 10.6 Å². The van der Waals surface area contributed by atoms with Crippen LogP contribution in [-0.4, -0.2) is 15.0 Å². The fourth-order valence-corrected chi connectivity index (χ4v) is 4.98. The molecule has 0 unspecified atom stereocenters. The summed E-state index contributed by atoms with van der Waals surface area (Å²) in [6.07, 6.45) is 1.61. The number of thiazole rings is 1. The Morgan fingerprint density at radius 2 is 1.74 bits per heavy atom. The number of aryl methyl sites for hydroxylation is 2. The van der Waals surface area contributed by atoms with Gasteiger partial charge in [-0.3, -0.25) is 0 Å². The summed E-state index contributed by atoms with van der Waals surface area (Å²) in [4.78, 5) is 15.8. The van der Waals surface area contributed by atoms with Crippen LogP contribution in [-0.2, 0) is 0 Å². The van der Waals surface area contributed by atoms with Crippen molar-refractivity contribution < 1.29 is 0 Å². The lowest BCUT2D eigenvalue weighted by Crippen LogP contribution is -1.94. The minimum absolute atomic E-state index is 0.840. The molecule has 5 aromatic rings. The standard InChI is InChI=1S/C21H16N4S2/c1-12-3-8-17-18(9-12)27-20(25-17)14-4-6-15(7-5-14)24-19-16-10-13(2)26-21(16)23-11-22-19/h3-11H,1-2H3,(H,22,23,24). The summed E-state index contributed by atoms with van der Waals surface area (Å²) in [6.45, 7) is 4.20. The molecule has 0 atom stereocenters. The number of nitrogens with one attached hydrogen (secondary N) is 1. The van der Waals surface area contributed by atoms with Gasteiger partial charge >= 0.3 is 0 Å². The molecule has 0 spiro atoms. The van der Waals surface area contributed by atoms with Crippen LogP contribution >= 0.6 is 22.7 Å². The number of anilines is 2. The molecule has 4 nitrogen and oxygen atoms in total. The predicted octanol–water partition coefficient (Wildman–Crippen LogP) is 6.33. The summed E-state index contributed by atoms with van der Waals surface area (Å²) in [5.41, 5.74) is 4.44. The third-order valence-electron chi connectivity index (χ3n) is 4.39. The van der Waals surface area contributed by atoms with E-state index in [0.717, 1.165) is 37.8 Å². The van der Waals surface area contributed by atoms with Crippen molar-refractivity contribution in [2.45, 2.75) is 13.8 Å². The Labute approximate surface area is 164 Å². The molecule has 2 aromatic carbocycles. The van der Waals surface area contributed by atoms with Crippen molar-refractivity contribution in [1.82, 2.24) is 15.0 Å². The van der Waals surface area contributed by atoms with Crippen molar-refractivity contribution in [1.29, 1.82) is 0 Å². The second kappa shape index (κ2) is 6.40. The molecule has 0 aliphatic carbocycles. The number of nitrogens with zero attached hydrogens (tertiary/aromatic N) is 3. The molecule has 27 heavy (non-hydrogen) atoms. The molecule has 0 saturated carbocycles. The van der Waals surface area contributed by atoms with Crippen LogP contribution in [0.1, 0.15) is 10.4 Å². The molecule has 0 fully saturated rings. The normalized spacial score (nSPS) is 11.3. The summed E-state index contributed by atoms with van der Waals surface area (Å²) in [5, 5.41) is 5.51. The fraction of sp³-hybridized carbons (Fsp3) is 0.0952.